The Bertz CT molecular complexity index is 420. The summed E-state index contributed by atoms with van der Waals surface area (Å²) in [5.41, 5.74) is 1.14. The second kappa shape index (κ2) is 5.14. The normalized spacial score (nSPS) is 14.2. The minimum Gasteiger partial charge on any atom is -0.204 e. The summed E-state index contributed by atoms with van der Waals surface area (Å²) >= 11 is 8.71. The van der Waals surface area contributed by atoms with E-state index in [2.05, 4.69) is 15.9 Å². The molecule has 0 fully saturated rings. The summed E-state index contributed by atoms with van der Waals surface area (Å²) < 4.78 is 51.4. The molecular formula is C11H10BrClF4. The zero-order valence-corrected chi connectivity index (χ0v) is 11.4. The van der Waals surface area contributed by atoms with Crippen LogP contribution in [0, 0.1) is 13.8 Å². The molecule has 0 heterocycles. The van der Waals surface area contributed by atoms with Gasteiger partial charge in [-0.25, -0.2) is 8.78 Å². The first-order valence-corrected chi connectivity index (χ1v) is 5.97. The van der Waals surface area contributed by atoms with Crippen molar-refractivity contribution in [2.24, 2.45) is 0 Å². The van der Waals surface area contributed by atoms with Gasteiger partial charge in [0.25, 0.3) is 0 Å². The molecule has 0 radical (unpaired) electrons. The van der Waals surface area contributed by atoms with Crippen LogP contribution in [0.5, 0.6) is 0 Å². The third-order valence-electron chi connectivity index (χ3n) is 2.45. The Balaban J connectivity index is 3.21. The maximum absolute atomic E-state index is 13.1. The monoisotopic (exact) mass is 332 g/mol. The number of halogens is 6. The molecule has 0 amide bonds. The molecule has 0 aliphatic carbocycles. The molecule has 96 valence electrons. The van der Waals surface area contributed by atoms with Crippen LogP contribution < -0.4 is 0 Å². The second-order valence-electron chi connectivity index (χ2n) is 3.80. The van der Waals surface area contributed by atoms with Crippen LogP contribution in [0.2, 0.25) is 0 Å². The number of hydrogen-bond donors (Lipinski definition) is 0. The van der Waals surface area contributed by atoms with Gasteiger partial charge in [-0.15, -0.1) is 11.6 Å². The van der Waals surface area contributed by atoms with Crippen molar-refractivity contribution in [3.8, 4) is 0 Å². The Labute approximate surface area is 110 Å². The summed E-state index contributed by atoms with van der Waals surface area (Å²) in [6.45, 7) is 3.23. The van der Waals surface area contributed by atoms with E-state index in [1.807, 2.05) is 0 Å². The maximum Gasteiger partial charge on any atom is 0.327 e. The molecule has 0 nitrogen and oxygen atoms in total. The van der Waals surface area contributed by atoms with Crippen molar-refractivity contribution in [1.82, 2.24) is 0 Å². The molecule has 1 aromatic rings. The van der Waals surface area contributed by atoms with E-state index in [1.54, 1.807) is 19.9 Å². The topological polar surface area (TPSA) is 0 Å². The number of aryl methyl sites for hydroxylation is 2. The summed E-state index contributed by atoms with van der Waals surface area (Å²) in [6, 6.07) is 2.98. The predicted octanol–water partition coefficient (Wildman–Crippen LogP) is 5.25. The van der Waals surface area contributed by atoms with Gasteiger partial charge in [0.15, 0.2) is 0 Å². The Morgan fingerprint density at radius 3 is 2.18 bits per heavy atom. The Morgan fingerprint density at radius 1 is 1.18 bits per heavy atom. The third kappa shape index (κ3) is 2.94. The fraction of sp³-hybridized carbons (Fsp3) is 0.455. The molecule has 0 aromatic heterocycles. The Kier molecular flexibility index (Phi) is 4.47. The first-order valence-electron chi connectivity index (χ1n) is 4.74. The summed E-state index contributed by atoms with van der Waals surface area (Å²) in [4.78, 5) is 0. The minimum atomic E-state index is -4.24. The number of benzene rings is 1. The van der Waals surface area contributed by atoms with Crippen LogP contribution in [0.1, 0.15) is 22.1 Å². The van der Waals surface area contributed by atoms with Crippen molar-refractivity contribution < 1.29 is 17.6 Å². The molecule has 1 atom stereocenters. The van der Waals surface area contributed by atoms with E-state index in [4.69, 9.17) is 11.6 Å². The van der Waals surface area contributed by atoms with Gasteiger partial charge < -0.3 is 0 Å². The standard InChI is InChI=1S/C11H10BrClF4/c1-5-4-8(12)6(2)3-7(5)9(13)11(16,17)10(14)15/h3-4,9-10H,1-2H3. The lowest BCUT2D eigenvalue weighted by molar-refractivity contribution is -0.130. The SMILES string of the molecule is Cc1cc(C(Cl)C(F)(F)C(F)F)c(C)cc1Br. The molecular weight excluding hydrogens is 323 g/mol. The van der Waals surface area contributed by atoms with Crippen molar-refractivity contribution in [1.29, 1.82) is 0 Å². The molecule has 0 aliphatic heterocycles. The average Bonchev–Trinajstić information content (AvgIpc) is 2.22. The van der Waals surface area contributed by atoms with Crippen molar-refractivity contribution in [3.63, 3.8) is 0 Å². The lowest BCUT2D eigenvalue weighted by Crippen LogP contribution is -2.32. The van der Waals surface area contributed by atoms with Gasteiger partial charge in [0, 0.05) is 4.47 Å². The van der Waals surface area contributed by atoms with Gasteiger partial charge >= 0.3 is 12.3 Å². The van der Waals surface area contributed by atoms with E-state index in [0.29, 0.717) is 11.1 Å². The van der Waals surface area contributed by atoms with Crippen LogP contribution in [0.25, 0.3) is 0 Å². The van der Waals surface area contributed by atoms with Crippen LogP contribution in [0.4, 0.5) is 17.6 Å². The molecule has 0 saturated heterocycles. The van der Waals surface area contributed by atoms with Crippen LogP contribution >= 0.6 is 27.5 Å². The van der Waals surface area contributed by atoms with E-state index in [1.165, 1.54) is 6.07 Å². The fourth-order valence-corrected chi connectivity index (χ4v) is 2.18. The third-order valence-corrected chi connectivity index (χ3v) is 3.83. The molecule has 6 heteroatoms. The van der Waals surface area contributed by atoms with Crippen LogP contribution in [0.15, 0.2) is 16.6 Å². The van der Waals surface area contributed by atoms with Gasteiger partial charge in [0.05, 0.1) is 0 Å². The molecule has 17 heavy (non-hydrogen) atoms. The lowest BCUT2D eigenvalue weighted by Gasteiger charge is -2.23. The number of rotatable bonds is 3. The molecule has 0 spiro atoms. The smallest absolute Gasteiger partial charge is 0.204 e. The summed E-state index contributed by atoms with van der Waals surface area (Å²) in [5, 5.41) is -2.03. The minimum absolute atomic E-state index is 0.0256. The highest BCUT2D eigenvalue weighted by Gasteiger charge is 2.49. The van der Waals surface area contributed by atoms with Gasteiger partial charge in [-0.1, -0.05) is 22.0 Å². The van der Waals surface area contributed by atoms with Gasteiger partial charge in [-0.2, -0.15) is 8.78 Å². The summed E-state index contributed by atoms with van der Waals surface area (Å²) in [7, 11) is 0. The predicted molar refractivity (Wildman–Crippen MR) is 63.2 cm³/mol. The van der Waals surface area contributed by atoms with Gasteiger partial charge in [0.2, 0.25) is 0 Å². The van der Waals surface area contributed by atoms with Crippen LogP contribution in [0.3, 0.4) is 0 Å². The van der Waals surface area contributed by atoms with E-state index >= 15 is 0 Å². The van der Waals surface area contributed by atoms with E-state index in [-0.39, 0.29) is 5.56 Å². The highest BCUT2D eigenvalue weighted by molar-refractivity contribution is 9.10. The Hall–Kier alpha value is -0.290. The van der Waals surface area contributed by atoms with Gasteiger partial charge in [-0.3, -0.25) is 0 Å². The van der Waals surface area contributed by atoms with E-state index in [0.717, 1.165) is 4.47 Å². The highest BCUT2D eigenvalue weighted by atomic mass is 79.9. The molecule has 1 rings (SSSR count). The zero-order chi connectivity index (χ0) is 13.4. The van der Waals surface area contributed by atoms with Crippen molar-refractivity contribution in [3.05, 3.63) is 33.3 Å². The van der Waals surface area contributed by atoms with Crippen molar-refractivity contribution in [2.75, 3.05) is 0 Å². The van der Waals surface area contributed by atoms with Crippen LogP contribution in [-0.2, 0) is 0 Å². The molecule has 0 N–H and O–H groups in total. The lowest BCUT2D eigenvalue weighted by atomic mass is 9.99. The zero-order valence-electron chi connectivity index (χ0n) is 9.08. The highest BCUT2D eigenvalue weighted by Crippen LogP contribution is 2.43. The molecule has 1 unspecified atom stereocenters. The van der Waals surface area contributed by atoms with Gasteiger partial charge in [-0.05, 0) is 36.6 Å². The maximum atomic E-state index is 13.1. The quantitative estimate of drug-likeness (QED) is 0.524. The van der Waals surface area contributed by atoms with E-state index in [9.17, 15) is 17.6 Å². The van der Waals surface area contributed by atoms with Crippen molar-refractivity contribution in [2.45, 2.75) is 31.6 Å². The van der Waals surface area contributed by atoms with E-state index < -0.39 is 17.7 Å². The Morgan fingerprint density at radius 2 is 1.71 bits per heavy atom. The summed E-state index contributed by atoms with van der Waals surface area (Å²) in [5.74, 6) is -4.24. The molecule has 0 aliphatic rings. The summed E-state index contributed by atoms with van der Waals surface area (Å²) in [6.07, 6.45) is -3.78. The molecule has 0 saturated carbocycles. The first-order chi connectivity index (χ1) is 7.67. The van der Waals surface area contributed by atoms with Crippen LogP contribution in [-0.4, -0.2) is 12.3 Å². The number of alkyl halides is 5. The van der Waals surface area contributed by atoms with Gasteiger partial charge in [0.1, 0.15) is 5.38 Å². The largest absolute Gasteiger partial charge is 0.327 e. The first kappa shape index (κ1) is 14.8. The second-order valence-corrected chi connectivity index (χ2v) is 5.09. The van der Waals surface area contributed by atoms with Crippen molar-refractivity contribution >= 4 is 27.5 Å². The fourth-order valence-electron chi connectivity index (χ4n) is 1.39. The molecule has 1 aromatic carbocycles. The average molecular weight is 334 g/mol. The number of hydrogen-bond acceptors (Lipinski definition) is 0. The molecule has 0 bridgehead atoms.